The number of amides is 1. The molecule has 0 bridgehead atoms. The first-order chi connectivity index (χ1) is 14.1. The number of ketones is 1. The smallest absolute Gasteiger partial charge is 0.298 e. The average Bonchev–Trinajstić information content (AvgIpc) is 3.15. The fourth-order valence-electron chi connectivity index (χ4n) is 3.02. The number of aromatic amines is 1. The van der Waals surface area contributed by atoms with Gasteiger partial charge in [0.1, 0.15) is 18.2 Å². The molecule has 1 amide bonds. The Morgan fingerprint density at radius 2 is 1.90 bits per heavy atom. The van der Waals surface area contributed by atoms with E-state index in [1.54, 1.807) is 18.3 Å². The second-order valence-electron chi connectivity index (χ2n) is 6.69. The number of H-pyrrole nitrogens is 1. The zero-order valence-electron chi connectivity index (χ0n) is 15.8. The van der Waals surface area contributed by atoms with Gasteiger partial charge in [0.2, 0.25) is 0 Å². The molecule has 0 unspecified atom stereocenters. The van der Waals surface area contributed by atoms with Gasteiger partial charge in [-0.05, 0) is 48.4 Å². The highest BCUT2D eigenvalue weighted by Gasteiger charge is 2.21. The lowest BCUT2D eigenvalue weighted by molar-refractivity contribution is -0.112. The molecule has 0 saturated heterocycles. The molecular weight excluding hydrogens is 366 g/mol. The van der Waals surface area contributed by atoms with Crippen LogP contribution in [0.4, 0.5) is 5.82 Å². The third-order valence-electron chi connectivity index (χ3n) is 4.51. The molecule has 6 heteroatoms. The Kier molecular flexibility index (Phi) is 5.07. The van der Waals surface area contributed by atoms with E-state index in [9.17, 15) is 9.59 Å². The maximum Gasteiger partial charge on any atom is 0.298 e. The van der Waals surface area contributed by atoms with Crippen molar-refractivity contribution in [3.63, 3.8) is 0 Å². The van der Waals surface area contributed by atoms with Crippen LogP contribution < -0.4 is 10.1 Å². The molecule has 4 rings (SSSR count). The van der Waals surface area contributed by atoms with Crippen LogP contribution in [0.3, 0.4) is 0 Å². The summed E-state index contributed by atoms with van der Waals surface area (Å²) in [6.45, 7) is 2.30. The number of aromatic nitrogens is 2. The number of fused-ring (bicyclic) bond motifs is 1. The molecule has 0 fully saturated rings. The van der Waals surface area contributed by atoms with E-state index in [4.69, 9.17) is 4.74 Å². The monoisotopic (exact) mass is 385 g/mol. The van der Waals surface area contributed by atoms with Gasteiger partial charge >= 0.3 is 0 Å². The van der Waals surface area contributed by atoms with Crippen molar-refractivity contribution in [2.75, 3.05) is 5.32 Å². The van der Waals surface area contributed by atoms with Gasteiger partial charge in [0.15, 0.2) is 0 Å². The highest BCUT2D eigenvalue weighted by atomic mass is 16.5. The highest BCUT2D eigenvalue weighted by Crippen LogP contribution is 2.25. The Hall–Kier alpha value is -3.93. The summed E-state index contributed by atoms with van der Waals surface area (Å²) in [5.74, 6) is -0.412. The first kappa shape index (κ1) is 18.4. The lowest BCUT2D eigenvalue weighted by Gasteiger charge is -2.07. The predicted octanol–water partition coefficient (Wildman–Crippen LogP) is 4.27. The number of ether oxygens (including phenoxy) is 1. The molecule has 4 aromatic rings. The molecule has 0 aliphatic heterocycles. The summed E-state index contributed by atoms with van der Waals surface area (Å²) in [6.07, 6.45) is 3.12. The van der Waals surface area contributed by atoms with Crippen LogP contribution >= 0.6 is 0 Å². The van der Waals surface area contributed by atoms with Crippen LogP contribution in [0.25, 0.3) is 10.9 Å². The minimum Gasteiger partial charge on any atom is -0.489 e. The summed E-state index contributed by atoms with van der Waals surface area (Å²) in [4.78, 5) is 32.2. The fourth-order valence-corrected chi connectivity index (χ4v) is 3.02. The minimum atomic E-state index is -0.736. The van der Waals surface area contributed by atoms with Crippen molar-refractivity contribution in [2.45, 2.75) is 13.5 Å². The normalized spacial score (nSPS) is 10.7. The van der Waals surface area contributed by atoms with Crippen LogP contribution in [-0.4, -0.2) is 21.7 Å². The number of anilines is 1. The summed E-state index contributed by atoms with van der Waals surface area (Å²) in [6, 6.07) is 18.7. The second-order valence-corrected chi connectivity index (χ2v) is 6.69. The Morgan fingerprint density at radius 3 is 2.69 bits per heavy atom. The molecule has 0 spiro atoms. The number of carbonyl (C=O) groups is 2. The molecule has 2 aromatic heterocycles. The number of nitrogens with zero attached hydrogens (tertiary/aromatic N) is 1. The van der Waals surface area contributed by atoms with Gasteiger partial charge in [0.25, 0.3) is 11.7 Å². The fraction of sp³-hybridized carbons (Fsp3) is 0.0870. The van der Waals surface area contributed by atoms with Crippen LogP contribution in [0.5, 0.6) is 5.75 Å². The minimum absolute atomic E-state index is 0.287. The Balaban J connectivity index is 1.53. The predicted molar refractivity (Wildman–Crippen MR) is 111 cm³/mol. The Morgan fingerprint density at radius 1 is 1.07 bits per heavy atom. The molecule has 0 saturated carbocycles. The summed E-state index contributed by atoms with van der Waals surface area (Å²) in [5.41, 5.74) is 3.02. The van der Waals surface area contributed by atoms with Crippen molar-refractivity contribution >= 4 is 28.4 Å². The van der Waals surface area contributed by atoms with E-state index in [0.29, 0.717) is 23.6 Å². The number of rotatable bonds is 6. The number of aryl methyl sites for hydroxylation is 1. The van der Waals surface area contributed by atoms with E-state index in [2.05, 4.69) is 15.3 Å². The molecule has 2 aromatic carbocycles. The van der Waals surface area contributed by atoms with Crippen LogP contribution in [0, 0.1) is 6.92 Å². The van der Waals surface area contributed by atoms with Gasteiger partial charge in [0.05, 0.1) is 5.56 Å². The lowest BCUT2D eigenvalue weighted by atomic mass is 10.1. The van der Waals surface area contributed by atoms with Crippen LogP contribution in [-0.2, 0) is 11.4 Å². The van der Waals surface area contributed by atoms with Crippen LogP contribution in [0.15, 0.2) is 73.1 Å². The average molecular weight is 385 g/mol. The van der Waals surface area contributed by atoms with E-state index in [0.717, 1.165) is 16.6 Å². The largest absolute Gasteiger partial charge is 0.489 e. The van der Waals surface area contributed by atoms with Crippen molar-refractivity contribution in [1.82, 2.24) is 9.97 Å². The number of nitrogens with one attached hydrogen (secondary N) is 2. The van der Waals surface area contributed by atoms with Crippen LogP contribution in [0.1, 0.15) is 21.5 Å². The molecular formula is C23H19N3O3. The maximum absolute atomic E-state index is 12.7. The summed E-state index contributed by atoms with van der Waals surface area (Å²) in [5, 5.41) is 3.18. The van der Waals surface area contributed by atoms with Crippen molar-refractivity contribution in [3.05, 3.63) is 89.7 Å². The van der Waals surface area contributed by atoms with Gasteiger partial charge in [-0.2, -0.15) is 0 Å². The number of hydrogen-bond donors (Lipinski definition) is 2. The molecule has 144 valence electrons. The van der Waals surface area contributed by atoms with E-state index < -0.39 is 11.7 Å². The van der Waals surface area contributed by atoms with Crippen LogP contribution in [0.2, 0.25) is 0 Å². The van der Waals surface area contributed by atoms with Crippen molar-refractivity contribution in [3.8, 4) is 5.75 Å². The van der Waals surface area contributed by atoms with Gasteiger partial charge in [-0.1, -0.05) is 30.3 Å². The number of carbonyl (C=O) groups excluding carboxylic acids is 2. The first-order valence-electron chi connectivity index (χ1n) is 9.16. The molecule has 2 heterocycles. The lowest BCUT2D eigenvalue weighted by Crippen LogP contribution is -2.23. The number of benzene rings is 2. The molecule has 6 nitrogen and oxygen atoms in total. The van der Waals surface area contributed by atoms with E-state index in [-0.39, 0.29) is 5.56 Å². The van der Waals surface area contributed by atoms with E-state index in [1.807, 2.05) is 55.5 Å². The third-order valence-corrected chi connectivity index (χ3v) is 4.51. The summed E-state index contributed by atoms with van der Waals surface area (Å²) >= 11 is 0. The van der Waals surface area contributed by atoms with Gasteiger partial charge < -0.3 is 15.0 Å². The molecule has 29 heavy (non-hydrogen) atoms. The second kappa shape index (κ2) is 7.98. The molecule has 2 N–H and O–H groups in total. The van der Waals surface area contributed by atoms with Gasteiger partial charge in [-0.15, -0.1) is 0 Å². The zero-order valence-corrected chi connectivity index (χ0v) is 15.8. The first-order valence-corrected chi connectivity index (χ1v) is 9.16. The maximum atomic E-state index is 12.7. The van der Waals surface area contributed by atoms with Gasteiger partial charge in [-0.25, -0.2) is 4.98 Å². The molecule has 0 aliphatic carbocycles. The number of pyridine rings is 1. The Bertz CT molecular complexity index is 1180. The number of Topliss-reactive ketones (excluding diaryl/α,β-unsaturated/α-hetero) is 1. The van der Waals surface area contributed by atoms with Crippen molar-refractivity contribution in [2.24, 2.45) is 0 Å². The molecule has 0 atom stereocenters. The van der Waals surface area contributed by atoms with E-state index in [1.165, 1.54) is 6.20 Å². The standard InChI is InChI=1S/C23H19N3O3/c1-15-9-10-24-21(11-15)26-23(28)22(27)19-13-25-20-8-7-17(12-18(19)20)29-14-16-5-3-2-4-6-16/h2-13,25H,14H2,1H3,(H,24,26,28). The Labute approximate surface area is 167 Å². The van der Waals surface area contributed by atoms with Gasteiger partial charge in [0, 0.05) is 23.3 Å². The third kappa shape index (κ3) is 4.16. The highest BCUT2D eigenvalue weighted by molar-refractivity contribution is 6.48. The van der Waals surface area contributed by atoms with Gasteiger partial charge in [-0.3, -0.25) is 9.59 Å². The van der Waals surface area contributed by atoms with E-state index >= 15 is 0 Å². The summed E-state index contributed by atoms with van der Waals surface area (Å²) in [7, 11) is 0. The summed E-state index contributed by atoms with van der Waals surface area (Å²) < 4.78 is 5.84. The quantitative estimate of drug-likeness (QED) is 0.383. The van der Waals surface area contributed by atoms with Crippen molar-refractivity contribution in [1.29, 1.82) is 0 Å². The SMILES string of the molecule is Cc1ccnc(NC(=O)C(=O)c2c[nH]c3ccc(OCc4ccccc4)cc23)c1. The number of hydrogen-bond acceptors (Lipinski definition) is 4. The zero-order chi connectivity index (χ0) is 20.2. The topological polar surface area (TPSA) is 84.1 Å². The molecule has 0 radical (unpaired) electrons. The van der Waals surface area contributed by atoms with Crippen molar-refractivity contribution < 1.29 is 14.3 Å². The molecule has 0 aliphatic rings.